The van der Waals surface area contributed by atoms with Crippen molar-refractivity contribution in [2.24, 2.45) is 0 Å². The quantitative estimate of drug-likeness (QED) is 0.495. The highest BCUT2D eigenvalue weighted by molar-refractivity contribution is 6.39. The average Bonchev–Trinajstić information content (AvgIpc) is 3.40. The first-order valence-corrected chi connectivity index (χ1v) is 10.4. The first kappa shape index (κ1) is 21.3. The molecule has 2 aromatic heterocycles. The van der Waals surface area contributed by atoms with Crippen molar-refractivity contribution in [3.63, 3.8) is 0 Å². The lowest BCUT2D eigenvalue weighted by Crippen LogP contribution is -2.37. The molecule has 0 saturated carbocycles. The predicted octanol–water partition coefficient (Wildman–Crippen LogP) is 1.06. The molecule has 2 amide bonds. The molecule has 0 spiro atoms. The van der Waals surface area contributed by atoms with E-state index >= 15 is 0 Å². The second-order valence-corrected chi connectivity index (χ2v) is 7.56. The third-order valence-corrected chi connectivity index (χ3v) is 5.27. The minimum absolute atomic E-state index is 0.204. The van der Waals surface area contributed by atoms with E-state index in [9.17, 15) is 14.4 Å². The van der Waals surface area contributed by atoms with E-state index in [1.807, 2.05) is 24.3 Å². The molecule has 0 saturated heterocycles. The highest BCUT2D eigenvalue weighted by Crippen LogP contribution is 2.19. The zero-order valence-corrected chi connectivity index (χ0v) is 17.9. The number of benzene rings is 1. The zero-order valence-electron chi connectivity index (χ0n) is 17.9. The number of methoxy groups -OCH3 is 1. The standard InChI is InChI=1S/C22H24N6O4/c1-13-12-18(28(27-13)22-24-17-5-3-4-16(17)19(29)26-22)25-21(31)20(30)23-11-10-14-6-8-15(32-2)9-7-14/h6-9,12H,3-5,10-11H2,1-2H3,(H,23,30)(H,25,31)(H,24,26,29). The summed E-state index contributed by atoms with van der Waals surface area (Å²) in [5, 5.41) is 9.46. The number of hydrogen-bond acceptors (Lipinski definition) is 6. The monoisotopic (exact) mass is 436 g/mol. The van der Waals surface area contributed by atoms with Crippen LogP contribution < -0.4 is 20.9 Å². The van der Waals surface area contributed by atoms with Crippen LogP contribution in [0.25, 0.3) is 5.95 Å². The molecule has 0 aliphatic heterocycles. The van der Waals surface area contributed by atoms with Gasteiger partial charge in [-0.15, -0.1) is 0 Å². The van der Waals surface area contributed by atoms with Gasteiger partial charge in [-0.3, -0.25) is 19.4 Å². The van der Waals surface area contributed by atoms with Crippen molar-refractivity contribution < 1.29 is 14.3 Å². The minimum atomic E-state index is -0.829. The summed E-state index contributed by atoms with van der Waals surface area (Å²) in [6, 6.07) is 9.08. The number of rotatable bonds is 6. The number of aromatic nitrogens is 4. The maximum Gasteiger partial charge on any atom is 0.314 e. The highest BCUT2D eigenvalue weighted by atomic mass is 16.5. The Bertz CT molecular complexity index is 1210. The van der Waals surface area contributed by atoms with Gasteiger partial charge in [0.05, 0.1) is 18.5 Å². The van der Waals surface area contributed by atoms with E-state index in [4.69, 9.17) is 4.74 Å². The molecular weight excluding hydrogens is 412 g/mol. The summed E-state index contributed by atoms with van der Waals surface area (Å²) in [6.45, 7) is 2.04. The van der Waals surface area contributed by atoms with Crippen molar-refractivity contribution in [2.75, 3.05) is 19.0 Å². The minimum Gasteiger partial charge on any atom is -0.497 e. The summed E-state index contributed by atoms with van der Waals surface area (Å²) in [5.74, 6) is -0.384. The highest BCUT2D eigenvalue weighted by Gasteiger charge is 2.21. The fourth-order valence-electron chi connectivity index (χ4n) is 3.64. The van der Waals surface area contributed by atoms with Gasteiger partial charge in [0, 0.05) is 18.2 Å². The predicted molar refractivity (Wildman–Crippen MR) is 117 cm³/mol. The second-order valence-electron chi connectivity index (χ2n) is 7.56. The maximum absolute atomic E-state index is 12.4. The molecule has 0 radical (unpaired) electrons. The molecule has 1 aliphatic carbocycles. The number of carbonyl (C=O) groups is 2. The molecule has 0 atom stereocenters. The number of carbonyl (C=O) groups excluding carboxylic acids is 2. The van der Waals surface area contributed by atoms with Gasteiger partial charge in [-0.05, 0) is 50.3 Å². The van der Waals surface area contributed by atoms with E-state index < -0.39 is 11.8 Å². The van der Waals surface area contributed by atoms with Gasteiger partial charge in [0.25, 0.3) is 5.56 Å². The summed E-state index contributed by atoms with van der Waals surface area (Å²) < 4.78 is 6.45. The largest absolute Gasteiger partial charge is 0.497 e. The van der Waals surface area contributed by atoms with Gasteiger partial charge in [0.1, 0.15) is 11.6 Å². The lowest BCUT2D eigenvalue weighted by Gasteiger charge is -2.09. The van der Waals surface area contributed by atoms with Gasteiger partial charge in [-0.25, -0.2) is 4.98 Å². The molecule has 0 fully saturated rings. The fraction of sp³-hybridized carbons (Fsp3) is 0.318. The maximum atomic E-state index is 12.4. The van der Waals surface area contributed by atoms with Crippen LogP contribution in [-0.4, -0.2) is 45.2 Å². The Kier molecular flexibility index (Phi) is 6.02. The number of amides is 2. The number of anilines is 1. The first-order valence-electron chi connectivity index (χ1n) is 10.4. The zero-order chi connectivity index (χ0) is 22.7. The van der Waals surface area contributed by atoms with E-state index in [1.54, 1.807) is 20.1 Å². The number of fused-ring (bicyclic) bond motifs is 1. The smallest absolute Gasteiger partial charge is 0.314 e. The molecule has 32 heavy (non-hydrogen) atoms. The van der Waals surface area contributed by atoms with Gasteiger partial charge in [0.2, 0.25) is 5.95 Å². The van der Waals surface area contributed by atoms with Crippen molar-refractivity contribution in [2.45, 2.75) is 32.6 Å². The van der Waals surface area contributed by atoms with Crippen LogP contribution in [0.2, 0.25) is 0 Å². The summed E-state index contributed by atoms with van der Waals surface area (Å²) in [6.07, 6.45) is 2.88. The third-order valence-electron chi connectivity index (χ3n) is 5.27. The fourth-order valence-corrected chi connectivity index (χ4v) is 3.64. The normalized spacial score (nSPS) is 12.3. The molecule has 0 bridgehead atoms. The number of aryl methyl sites for hydroxylation is 2. The number of ether oxygens (including phenoxy) is 1. The molecule has 10 heteroatoms. The first-order chi connectivity index (χ1) is 15.4. The van der Waals surface area contributed by atoms with E-state index in [1.165, 1.54) is 4.68 Å². The molecule has 1 aromatic carbocycles. The molecule has 166 valence electrons. The molecule has 10 nitrogen and oxygen atoms in total. The molecule has 1 aliphatic rings. The van der Waals surface area contributed by atoms with Crippen molar-refractivity contribution in [3.8, 4) is 11.7 Å². The van der Waals surface area contributed by atoms with Crippen LogP contribution in [0.4, 0.5) is 5.82 Å². The molecule has 0 unspecified atom stereocenters. The summed E-state index contributed by atoms with van der Waals surface area (Å²) in [4.78, 5) is 44.2. The lowest BCUT2D eigenvalue weighted by molar-refractivity contribution is -0.136. The summed E-state index contributed by atoms with van der Waals surface area (Å²) in [5.41, 5.74) is 2.84. The number of hydrogen-bond donors (Lipinski definition) is 3. The van der Waals surface area contributed by atoms with E-state index in [0.29, 0.717) is 30.6 Å². The van der Waals surface area contributed by atoms with Crippen LogP contribution in [0, 0.1) is 6.92 Å². The van der Waals surface area contributed by atoms with E-state index in [-0.39, 0.29) is 17.3 Å². The van der Waals surface area contributed by atoms with Crippen LogP contribution in [-0.2, 0) is 28.9 Å². The van der Waals surface area contributed by atoms with E-state index in [0.717, 1.165) is 29.8 Å². The van der Waals surface area contributed by atoms with E-state index in [2.05, 4.69) is 25.7 Å². The second kappa shape index (κ2) is 9.04. The lowest BCUT2D eigenvalue weighted by atomic mass is 10.1. The van der Waals surface area contributed by atoms with Gasteiger partial charge < -0.3 is 15.4 Å². The van der Waals surface area contributed by atoms with Gasteiger partial charge in [-0.2, -0.15) is 9.78 Å². The summed E-state index contributed by atoms with van der Waals surface area (Å²) >= 11 is 0. The Morgan fingerprint density at radius 3 is 2.72 bits per heavy atom. The topological polar surface area (TPSA) is 131 Å². The number of aromatic amines is 1. The molecule has 4 rings (SSSR count). The van der Waals surface area contributed by atoms with Crippen molar-refractivity contribution in [1.82, 2.24) is 25.1 Å². The average molecular weight is 436 g/mol. The van der Waals surface area contributed by atoms with Crippen LogP contribution in [0.1, 0.15) is 28.9 Å². The summed E-state index contributed by atoms with van der Waals surface area (Å²) in [7, 11) is 1.60. The van der Waals surface area contributed by atoms with Crippen LogP contribution in [0.5, 0.6) is 5.75 Å². The third kappa shape index (κ3) is 4.53. The van der Waals surface area contributed by atoms with Gasteiger partial charge in [-0.1, -0.05) is 12.1 Å². The Morgan fingerprint density at radius 1 is 1.19 bits per heavy atom. The number of nitrogens with zero attached hydrogens (tertiary/aromatic N) is 3. The molecular formula is C22H24N6O4. The number of nitrogens with one attached hydrogen (secondary N) is 3. The van der Waals surface area contributed by atoms with Crippen molar-refractivity contribution in [3.05, 3.63) is 63.2 Å². The van der Waals surface area contributed by atoms with Crippen molar-refractivity contribution >= 4 is 17.6 Å². The van der Waals surface area contributed by atoms with Crippen LogP contribution in [0.15, 0.2) is 35.1 Å². The Hall–Kier alpha value is -3.95. The molecule has 2 heterocycles. The Balaban J connectivity index is 1.41. The molecule has 3 N–H and O–H groups in total. The number of H-pyrrole nitrogens is 1. The van der Waals surface area contributed by atoms with Crippen LogP contribution >= 0.6 is 0 Å². The molecule has 3 aromatic rings. The van der Waals surface area contributed by atoms with Gasteiger partial charge >= 0.3 is 11.8 Å². The van der Waals surface area contributed by atoms with Crippen LogP contribution in [0.3, 0.4) is 0 Å². The SMILES string of the molecule is COc1ccc(CCNC(=O)C(=O)Nc2cc(C)nn2-c2nc3c(c(=O)[nH]2)CCC3)cc1. The Morgan fingerprint density at radius 2 is 1.97 bits per heavy atom. The Labute approximate surface area is 184 Å². The van der Waals surface area contributed by atoms with Gasteiger partial charge in [0.15, 0.2) is 0 Å². The van der Waals surface area contributed by atoms with Crippen molar-refractivity contribution in [1.29, 1.82) is 0 Å².